The minimum absolute atomic E-state index is 0.190. The van der Waals surface area contributed by atoms with Gasteiger partial charge in [-0.3, -0.25) is 0 Å². The van der Waals surface area contributed by atoms with Crippen LogP contribution in [-0.4, -0.2) is 19.2 Å². The molecular weight excluding hydrogens is 394 g/mol. The van der Waals surface area contributed by atoms with Gasteiger partial charge in [-0.2, -0.15) is 5.26 Å². The van der Waals surface area contributed by atoms with Crippen LogP contribution in [0.3, 0.4) is 0 Å². The minimum atomic E-state index is 0.190. The molecule has 0 unspecified atom stereocenters. The van der Waals surface area contributed by atoms with Crippen molar-refractivity contribution in [3.63, 3.8) is 0 Å². The van der Waals surface area contributed by atoms with Crippen LogP contribution in [0.2, 0.25) is 0 Å². The zero-order valence-electron chi connectivity index (χ0n) is 14.3. The number of aromatic nitrogens is 1. The fourth-order valence-corrected chi connectivity index (χ4v) is 3.21. The summed E-state index contributed by atoms with van der Waals surface area (Å²) in [4.78, 5) is 4.40. The van der Waals surface area contributed by atoms with Crippen LogP contribution in [-0.2, 0) is 0 Å². The van der Waals surface area contributed by atoms with E-state index in [0.717, 1.165) is 21.3 Å². The molecule has 0 bridgehead atoms. The highest BCUT2D eigenvalue weighted by molar-refractivity contribution is 9.10. The number of benzene rings is 2. The van der Waals surface area contributed by atoms with Crippen LogP contribution >= 0.6 is 15.9 Å². The van der Waals surface area contributed by atoms with Crippen LogP contribution in [0, 0.1) is 11.3 Å². The van der Waals surface area contributed by atoms with Gasteiger partial charge in [-0.25, -0.2) is 4.98 Å². The average molecular weight is 410 g/mol. The normalized spacial score (nSPS) is 10.2. The summed E-state index contributed by atoms with van der Waals surface area (Å²) in [5, 5.41) is 9.55. The lowest BCUT2D eigenvalue weighted by atomic mass is 9.98. The SMILES string of the molecule is COc1cccc(-c2cc(-c3ccc(OC)c(Br)c3)c(C#N)c(N)n2)c1. The lowest BCUT2D eigenvalue weighted by Gasteiger charge is -2.12. The van der Waals surface area contributed by atoms with Crippen molar-refractivity contribution in [1.82, 2.24) is 4.98 Å². The van der Waals surface area contributed by atoms with E-state index in [0.29, 0.717) is 22.6 Å². The summed E-state index contributed by atoms with van der Waals surface area (Å²) >= 11 is 3.48. The number of hydrogen-bond acceptors (Lipinski definition) is 5. The number of nitrogens with zero attached hydrogens (tertiary/aromatic N) is 2. The van der Waals surface area contributed by atoms with Gasteiger partial charge in [0.1, 0.15) is 28.9 Å². The molecule has 0 aliphatic carbocycles. The Labute approximate surface area is 160 Å². The number of halogens is 1. The Balaban J connectivity index is 2.20. The lowest BCUT2D eigenvalue weighted by Crippen LogP contribution is -2.00. The van der Waals surface area contributed by atoms with Crippen molar-refractivity contribution < 1.29 is 9.47 Å². The molecule has 2 N–H and O–H groups in total. The predicted molar refractivity (Wildman–Crippen MR) is 105 cm³/mol. The van der Waals surface area contributed by atoms with E-state index < -0.39 is 0 Å². The van der Waals surface area contributed by atoms with Gasteiger partial charge >= 0.3 is 0 Å². The molecule has 0 fully saturated rings. The van der Waals surface area contributed by atoms with Crippen LogP contribution in [0.15, 0.2) is 53.0 Å². The monoisotopic (exact) mass is 409 g/mol. The summed E-state index contributed by atoms with van der Waals surface area (Å²) < 4.78 is 11.3. The van der Waals surface area contributed by atoms with Crippen LogP contribution < -0.4 is 15.2 Å². The Bertz CT molecular complexity index is 1010. The molecule has 2 aromatic carbocycles. The van der Waals surface area contributed by atoms with E-state index in [4.69, 9.17) is 15.2 Å². The number of methoxy groups -OCH3 is 2. The molecule has 3 aromatic rings. The first-order valence-electron chi connectivity index (χ1n) is 7.76. The summed E-state index contributed by atoms with van der Waals surface area (Å²) in [6.45, 7) is 0. The highest BCUT2D eigenvalue weighted by Crippen LogP contribution is 2.35. The van der Waals surface area contributed by atoms with Crippen molar-refractivity contribution >= 4 is 21.7 Å². The molecule has 26 heavy (non-hydrogen) atoms. The van der Waals surface area contributed by atoms with Gasteiger partial charge in [-0.05, 0) is 51.8 Å². The molecule has 6 heteroatoms. The number of anilines is 1. The van der Waals surface area contributed by atoms with Gasteiger partial charge in [0.25, 0.3) is 0 Å². The van der Waals surface area contributed by atoms with Crippen molar-refractivity contribution in [3.05, 3.63) is 58.6 Å². The molecule has 0 radical (unpaired) electrons. The molecule has 0 saturated heterocycles. The second-order valence-electron chi connectivity index (χ2n) is 5.51. The number of nitriles is 1. The highest BCUT2D eigenvalue weighted by Gasteiger charge is 2.15. The fourth-order valence-electron chi connectivity index (χ4n) is 2.67. The minimum Gasteiger partial charge on any atom is -0.497 e. The molecule has 130 valence electrons. The second kappa shape index (κ2) is 7.46. The van der Waals surface area contributed by atoms with Gasteiger partial charge in [0.05, 0.1) is 24.4 Å². The quantitative estimate of drug-likeness (QED) is 0.677. The molecule has 5 nitrogen and oxygen atoms in total. The van der Waals surface area contributed by atoms with E-state index in [1.807, 2.05) is 48.5 Å². The van der Waals surface area contributed by atoms with Crippen LogP contribution in [0.5, 0.6) is 11.5 Å². The van der Waals surface area contributed by atoms with E-state index in [9.17, 15) is 5.26 Å². The molecule has 0 spiro atoms. The van der Waals surface area contributed by atoms with Crippen molar-refractivity contribution in [2.45, 2.75) is 0 Å². The summed E-state index contributed by atoms with van der Waals surface area (Å²) in [6.07, 6.45) is 0. The first kappa shape index (κ1) is 17.8. The second-order valence-corrected chi connectivity index (χ2v) is 6.36. The number of ether oxygens (including phenoxy) is 2. The smallest absolute Gasteiger partial charge is 0.142 e. The van der Waals surface area contributed by atoms with Crippen molar-refractivity contribution in [1.29, 1.82) is 5.26 Å². The van der Waals surface area contributed by atoms with Gasteiger partial charge in [-0.15, -0.1) is 0 Å². The molecule has 0 atom stereocenters. The van der Waals surface area contributed by atoms with Gasteiger partial charge in [-0.1, -0.05) is 18.2 Å². The maximum Gasteiger partial charge on any atom is 0.142 e. The zero-order valence-corrected chi connectivity index (χ0v) is 15.9. The third kappa shape index (κ3) is 3.35. The molecular formula is C20H16BrN3O2. The van der Waals surface area contributed by atoms with E-state index in [2.05, 4.69) is 27.0 Å². The van der Waals surface area contributed by atoms with Gasteiger partial charge in [0, 0.05) is 11.1 Å². The van der Waals surface area contributed by atoms with Crippen molar-refractivity contribution in [2.75, 3.05) is 20.0 Å². The molecule has 0 saturated carbocycles. The number of rotatable bonds is 4. The largest absolute Gasteiger partial charge is 0.497 e. The van der Waals surface area contributed by atoms with Gasteiger partial charge < -0.3 is 15.2 Å². The Hall–Kier alpha value is -3.04. The summed E-state index contributed by atoms with van der Waals surface area (Å²) in [5.74, 6) is 1.62. The Morgan fingerprint density at radius 3 is 2.50 bits per heavy atom. The first-order valence-corrected chi connectivity index (χ1v) is 8.55. The molecule has 1 heterocycles. The van der Waals surface area contributed by atoms with E-state index >= 15 is 0 Å². The van der Waals surface area contributed by atoms with Crippen molar-refractivity contribution in [2.24, 2.45) is 0 Å². The Morgan fingerprint density at radius 1 is 1.04 bits per heavy atom. The van der Waals surface area contributed by atoms with E-state index in [-0.39, 0.29) is 5.82 Å². The number of hydrogen-bond donors (Lipinski definition) is 1. The van der Waals surface area contributed by atoms with Crippen LogP contribution in [0.4, 0.5) is 5.82 Å². The molecule has 0 amide bonds. The third-order valence-electron chi connectivity index (χ3n) is 3.99. The van der Waals surface area contributed by atoms with Gasteiger partial charge in [0.15, 0.2) is 0 Å². The van der Waals surface area contributed by atoms with E-state index in [1.54, 1.807) is 14.2 Å². The van der Waals surface area contributed by atoms with Crippen LogP contribution in [0.25, 0.3) is 22.4 Å². The van der Waals surface area contributed by atoms with E-state index in [1.165, 1.54) is 0 Å². The number of nitrogens with two attached hydrogens (primary N) is 1. The standard InChI is InChI=1S/C20H16BrN3O2/c1-25-14-5-3-4-13(8-14)18-10-15(16(11-22)20(23)24-18)12-6-7-19(26-2)17(21)9-12/h3-10H,1-2H3,(H2,23,24). The number of nitrogen functional groups attached to an aromatic ring is 1. The molecule has 1 aromatic heterocycles. The summed E-state index contributed by atoms with van der Waals surface area (Å²) in [6, 6.07) is 17.2. The Kier molecular flexibility index (Phi) is 5.10. The third-order valence-corrected chi connectivity index (χ3v) is 4.61. The predicted octanol–water partition coefficient (Wildman–Crippen LogP) is 4.65. The lowest BCUT2D eigenvalue weighted by molar-refractivity contribution is 0.412. The van der Waals surface area contributed by atoms with Crippen LogP contribution in [0.1, 0.15) is 5.56 Å². The maximum atomic E-state index is 9.55. The zero-order chi connectivity index (χ0) is 18.7. The topological polar surface area (TPSA) is 81.2 Å². The molecule has 3 rings (SSSR count). The Morgan fingerprint density at radius 2 is 1.85 bits per heavy atom. The summed E-state index contributed by atoms with van der Waals surface area (Å²) in [7, 11) is 3.21. The maximum absolute atomic E-state index is 9.55. The average Bonchev–Trinajstić information content (AvgIpc) is 2.67. The molecule has 0 aliphatic rings. The summed E-state index contributed by atoms with van der Waals surface area (Å²) in [5.41, 5.74) is 9.49. The number of pyridine rings is 1. The first-order chi connectivity index (χ1) is 12.6. The highest BCUT2D eigenvalue weighted by atomic mass is 79.9. The molecule has 0 aliphatic heterocycles. The van der Waals surface area contributed by atoms with Gasteiger partial charge in [0.2, 0.25) is 0 Å². The van der Waals surface area contributed by atoms with Crippen molar-refractivity contribution in [3.8, 4) is 40.0 Å². The fraction of sp³-hybridized carbons (Fsp3) is 0.100.